The molecule has 0 spiro atoms. The van der Waals surface area contributed by atoms with Gasteiger partial charge in [0.1, 0.15) is 11.5 Å². The van der Waals surface area contributed by atoms with Gasteiger partial charge in [-0.1, -0.05) is 19.8 Å². The first-order chi connectivity index (χ1) is 11.0. The van der Waals surface area contributed by atoms with E-state index in [0.717, 1.165) is 30.6 Å². The van der Waals surface area contributed by atoms with E-state index in [0.29, 0.717) is 12.4 Å². The van der Waals surface area contributed by atoms with Crippen LogP contribution in [0.5, 0.6) is 5.75 Å². The molecule has 0 aliphatic rings. The fraction of sp³-hybridized carbons (Fsp3) is 0.412. The SMILES string of the molecule is CCCCCOc1ccc(S(=O)(=O)NCc2ccco2)cc1C. The van der Waals surface area contributed by atoms with Crippen LogP contribution >= 0.6 is 0 Å². The van der Waals surface area contributed by atoms with Crippen molar-refractivity contribution in [3.63, 3.8) is 0 Å². The molecule has 0 atom stereocenters. The van der Waals surface area contributed by atoms with Crippen LogP contribution in [0.1, 0.15) is 37.5 Å². The van der Waals surface area contributed by atoms with Gasteiger partial charge in [0.2, 0.25) is 10.0 Å². The topological polar surface area (TPSA) is 68.5 Å². The van der Waals surface area contributed by atoms with Crippen molar-refractivity contribution in [2.24, 2.45) is 0 Å². The van der Waals surface area contributed by atoms with Gasteiger partial charge in [0.15, 0.2) is 0 Å². The summed E-state index contributed by atoms with van der Waals surface area (Å²) in [6, 6.07) is 8.34. The minimum Gasteiger partial charge on any atom is -0.493 e. The lowest BCUT2D eigenvalue weighted by molar-refractivity contribution is 0.304. The first-order valence-electron chi connectivity index (χ1n) is 7.78. The first-order valence-corrected chi connectivity index (χ1v) is 9.26. The molecular formula is C17H23NO4S. The molecule has 0 aliphatic carbocycles. The van der Waals surface area contributed by atoms with Gasteiger partial charge in [0, 0.05) is 0 Å². The Kier molecular flexibility index (Phi) is 6.24. The van der Waals surface area contributed by atoms with Crippen LogP contribution in [0.2, 0.25) is 0 Å². The maximum Gasteiger partial charge on any atom is 0.240 e. The summed E-state index contributed by atoms with van der Waals surface area (Å²) in [4.78, 5) is 0.225. The Balaban J connectivity index is 2.00. The van der Waals surface area contributed by atoms with Gasteiger partial charge in [-0.05, 0) is 49.2 Å². The molecule has 0 saturated carbocycles. The van der Waals surface area contributed by atoms with Crippen LogP contribution in [0.4, 0.5) is 0 Å². The number of nitrogens with one attached hydrogen (secondary N) is 1. The number of sulfonamides is 1. The van der Waals surface area contributed by atoms with Crippen molar-refractivity contribution < 1.29 is 17.6 Å². The molecule has 126 valence electrons. The molecule has 0 fully saturated rings. The molecule has 1 aromatic heterocycles. The van der Waals surface area contributed by atoms with Crippen molar-refractivity contribution >= 4 is 10.0 Å². The fourth-order valence-electron chi connectivity index (χ4n) is 2.15. The molecular weight excluding hydrogens is 314 g/mol. The second-order valence-electron chi connectivity index (χ2n) is 5.39. The molecule has 0 bridgehead atoms. The van der Waals surface area contributed by atoms with Crippen LogP contribution < -0.4 is 9.46 Å². The Morgan fingerprint density at radius 3 is 2.70 bits per heavy atom. The van der Waals surface area contributed by atoms with Gasteiger partial charge in [-0.15, -0.1) is 0 Å². The minimum absolute atomic E-state index is 0.129. The molecule has 2 rings (SSSR count). The summed E-state index contributed by atoms with van der Waals surface area (Å²) in [6.07, 6.45) is 4.78. The largest absolute Gasteiger partial charge is 0.493 e. The predicted octanol–water partition coefficient (Wildman–Crippen LogP) is 3.64. The number of hydrogen-bond acceptors (Lipinski definition) is 4. The zero-order valence-electron chi connectivity index (χ0n) is 13.5. The van der Waals surface area contributed by atoms with Crippen molar-refractivity contribution in [1.82, 2.24) is 4.72 Å². The predicted molar refractivity (Wildman–Crippen MR) is 88.9 cm³/mol. The molecule has 0 radical (unpaired) electrons. The van der Waals surface area contributed by atoms with E-state index in [9.17, 15) is 8.42 Å². The second kappa shape index (κ2) is 8.17. The number of aryl methyl sites for hydroxylation is 1. The van der Waals surface area contributed by atoms with Crippen LogP contribution in [0.15, 0.2) is 45.9 Å². The van der Waals surface area contributed by atoms with Gasteiger partial charge < -0.3 is 9.15 Å². The molecule has 5 nitrogen and oxygen atoms in total. The van der Waals surface area contributed by atoms with Crippen LogP contribution in [0.25, 0.3) is 0 Å². The molecule has 23 heavy (non-hydrogen) atoms. The van der Waals surface area contributed by atoms with Gasteiger partial charge >= 0.3 is 0 Å². The second-order valence-corrected chi connectivity index (χ2v) is 7.15. The number of rotatable bonds is 9. The third kappa shape index (κ3) is 5.11. The van der Waals surface area contributed by atoms with Crippen molar-refractivity contribution in [2.45, 2.75) is 44.6 Å². The fourth-order valence-corrected chi connectivity index (χ4v) is 3.23. The standard InChI is InChI=1S/C17H23NO4S/c1-3-4-5-10-22-17-9-8-16(12-14(17)2)23(19,20)18-13-15-7-6-11-21-15/h6-9,11-12,18H,3-5,10,13H2,1-2H3. The highest BCUT2D eigenvalue weighted by Gasteiger charge is 2.15. The van der Waals surface area contributed by atoms with Crippen molar-refractivity contribution in [1.29, 1.82) is 0 Å². The lowest BCUT2D eigenvalue weighted by Crippen LogP contribution is -2.23. The summed E-state index contributed by atoms with van der Waals surface area (Å²) in [6.45, 7) is 4.77. The van der Waals surface area contributed by atoms with E-state index in [1.807, 2.05) is 6.92 Å². The molecule has 2 aromatic rings. The van der Waals surface area contributed by atoms with Crippen molar-refractivity contribution in [3.05, 3.63) is 47.9 Å². The number of ether oxygens (including phenoxy) is 1. The zero-order chi connectivity index (χ0) is 16.7. The average Bonchev–Trinajstić information content (AvgIpc) is 3.04. The molecule has 0 saturated heterocycles. The van der Waals surface area contributed by atoms with E-state index in [1.54, 1.807) is 30.3 Å². The molecule has 1 aromatic carbocycles. The maximum atomic E-state index is 12.3. The van der Waals surface area contributed by atoms with Gasteiger partial charge in [0.25, 0.3) is 0 Å². The molecule has 0 unspecified atom stereocenters. The summed E-state index contributed by atoms with van der Waals surface area (Å²) >= 11 is 0. The summed E-state index contributed by atoms with van der Waals surface area (Å²) in [5.74, 6) is 1.30. The smallest absolute Gasteiger partial charge is 0.240 e. The van der Waals surface area contributed by atoms with Gasteiger partial charge in [-0.25, -0.2) is 13.1 Å². The van der Waals surface area contributed by atoms with E-state index in [2.05, 4.69) is 11.6 Å². The van der Waals surface area contributed by atoms with Gasteiger partial charge in [-0.3, -0.25) is 0 Å². The monoisotopic (exact) mass is 337 g/mol. The molecule has 1 N–H and O–H groups in total. The van der Waals surface area contributed by atoms with E-state index < -0.39 is 10.0 Å². The Bertz CT molecular complexity index is 708. The van der Waals surface area contributed by atoms with Crippen molar-refractivity contribution in [3.8, 4) is 5.75 Å². The van der Waals surface area contributed by atoms with Crippen LogP contribution in [0.3, 0.4) is 0 Å². The summed E-state index contributed by atoms with van der Waals surface area (Å²) in [5.41, 5.74) is 0.808. The first kappa shape index (κ1) is 17.6. The molecule has 0 aliphatic heterocycles. The van der Waals surface area contributed by atoms with E-state index >= 15 is 0 Å². The Morgan fingerprint density at radius 1 is 1.22 bits per heavy atom. The highest BCUT2D eigenvalue weighted by Crippen LogP contribution is 2.22. The highest BCUT2D eigenvalue weighted by atomic mass is 32.2. The van der Waals surface area contributed by atoms with Crippen LogP contribution in [0, 0.1) is 6.92 Å². The lowest BCUT2D eigenvalue weighted by Gasteiger charge is -2.11. The number of unbranched alkanes of at least 4 members (excludes halogenated alkanes) is 2. The van der Waals surface area contributed by atoms with Gasteiger partial charge in [-0.2, -0.15) is 0 Å². The van der Waals surface area contributed by atoms with Crippen LogP contribution in [-0.4, -0.2) is 15.0 Å². The lowest BCUT2D eigenvalue weighted by atomic mass is 10.2. The summed E-state index contributed by atoms with van der Waals surface area (Å²) < 4.78 is 37.9. The Hall–Kier alpha value is -1.79. The average molecular weight is 337 g/mol. The van der Waals surface area contributed by atoms with Gasteiger partial charge in [0.05, 0.1) is 24.3 Å². The summed E-state index contributed by atoms with van der Waals surface area (Å²) in [7, 11) is -3.57. The Morgan fingerprint density at radius 2 is 2.04 bits per heavy atom. The van der Waals surface area contributed by atoms with Crippen molar-refractivity contribution in [2.75, 3.05) is 6.61 Å². The highest BCUT2D eigenvalue weighted by molar-refractivity contribution is 7.89. The minimum atomic E-state index is -3.57. The number of hydrogen-bond donors (Lipinski definition) is 1. The Labute approximate surface area is 137 Å². The molecule has 6 heteroatoms. The zero-order valence-corrected chi connectivity index (χ0v) is 14.4. The molecule has 0 amide bonds. The number of benzene rings is 1. The molecule has 1 heterocycles. The maximum absolute atomic E-state index is 12.3. The third-order valence-electron chi connectivity index (χ3n) is 3.48. The van der Waals surface area contributed by atoms with E-state index in [1.165, 1.54) is 6.26 Å². The third-order valence-corrected chi connectivity index (χ3v) is 4.88. The van der Waals surface area contributed by atoms with E-state index in [4.69, 9.17) is 9.15 Å². The normalized spacial score (nSPS) is 11.6. The summed E-state index contributed by atoms with van der Waals surface area (Å²) in [5, 5.41) is 0. The van der Waals surface area contributed by atoms with E-state index in [-0.39, 0.29) is 11.4 Å². The quantitative estimate of drug-likeness (QED) is 0.709. The number of furan rings is 1. The van der Waals surface area contributed by atoms with Crippen LogP contribution in [-0.2, 0) is 16.6 Å².